The minimum absolute atomic E-state index is 0.0817. The van der Waals surface area contributed by atoms with Crippen LogP contribution in [0.1, 0.15) is 37.2 Å². The minimum Gasteiger partial charge on any atom is -0.508 e. The average molecular weight is 300 g/mol. The summed E-state index contributed by atoms with van der Waals surface area (Å²) in [7, 11) is 0. The van der Waals surface area contributed by atoms with Crippen molar-refractivity contribution in [1.29, 1.82) is 0 Å². The van der Waals surface area contributed by atoms with Crippen LogP contribution in [-0.2, 0) is 4.79 Å². The summed E-state index contributed by atoms with van der Waals surface area (Å²) in [6.45, 7) is 0.636. The van der Waals surface area contributed by atoms with Gasteiger partial charge in [-0.3, -0.25) is 4.79 Å². The fraction of sp³-hybridized carbons (Fsp3) is 0.500. The van der Waals surface area contributed by atoms with E-state index in [2.05, 4.69) is 0 Å². The number of halogens is 2. The van der Waals surface area contributed by atoms with E-state index in [9.17, 15) is 9.90 Å². The van der Waals surface area contributed by atoms with Gasteiger partial charge in [0.05, 0.1) is 10.0 Å². The van der Waals surface area contributed by atoms with Gasteiger partial charge in [-0.1, -0.05) is 23.2 Å². The Bertz CT molecular complexity index is 532. The fourth-order valence-electron chi connectivity index (χ4n) is 3.28. The van der Waals surface area contributed by atoms with Gasteiger partial charge in [0.2, 0.25) is 5.91 Å². The maximum absolute atomic E-state index is 11.9. The number of aromatic hydroxyl groups is 1. The Kier molecular flexibility index (Phi) is 3.35. The van der Waals surface area contributed by atoms with Gasteiger partial charge >= 0.3 is 0 Å². The van der Waals surface area contributed by atoms with Crippen LogP contribution in [0, 0.1) is 0 Å². The lowest BCUT2D eigenvalue weighted by Crippen LogP contribution is -2.38. The van der Waals surface area contributed by atoms with E-state index < -0.39 is 0 Å². The van der Waals surface area contributed by atoms with Crippen molar-refractivity contribution >= 4 is 29.1 Å². The molecule has 19 heavy (non-hydrogen) atoms. The number of fused-ring (bicyclic) bond motifs is 1. The number of carbonyl (C=O) groups is 1. The van der Waals surface area contributed by atoms with Crippen LogP contribution in [0.5, 0.6) is 5.75 Å². The van der Waals surface area contributed by atoms with Gasteiger partial charge in [0.1, 0.15) is 5.75 Å². The van der Waals surface area contributed by atoms with Gasteiger partial charge in [-0.25, -0.2) is 0 Å². The van der Waals surface area contributed by atoms with Gasteiger partial charge in [0.25, 0.3) is 0 Å². The van der Waals surface area contributed by atoms with Crippen LogP contribution < -0.4 is 0 Å². The molecule has 0 spiro atoms. The van der Waals surface area contributed by atoms with Crippen LogP contribution in [0.4, 0.5) is 0 Å². The molecule has 2 saturated heterocycles. The van der Waals surface area contributed by atoms with Gasteiger partial charge in [-0.2, -0.15) is 0 Å². The van der Waals surface area contributed by atoms with E-state index in [1.165, 1.54) is 0 Å². The lowest BCUT2D eigenvalue weighted by atomic mass is 9.93. The highest BCUT2D eigenvalue weighted by molar-refractivity contribution is 6.42. The summed E-state index contributed by atoms with van der Waals surface area (Å²) in [5.41, 5.74) is 0.691. The maximum atomic E-state index is 11.9. The van der Waals surface area contributed by atoms with Gasteiger partial charge in [0, 0.05) is 30.5 Å². The molecule has 0 saturated carbocycles. The van der Waals surface area contributed by atoms with E-state index in [-0.39, 0.29) is 17.6 Å². The highest BCUT2D eigenvalue weighted by atomic mass is 35.5. The lowest BCUT2D eigenvalue weighted by molar-refractivity contribution is -0.134. The third kappa shape index (κ3) is 2.19. The van der Waals surface area contributed by atoms with Crippen LogP contribution in [0.3, 0.4) is 0 Å². The predicted molar refractivity (Wildman–Crippen MR) is 74.8 cm³/mol. The van der Waals surface area contributed by atoms with Crippen LogP contribution in [0.2, 0.25) is 10.0 Å². The zero-order valence-corrected chi connectivity index (χ0v) is 11.9. The van der Waals surface area contributed by atoms with Crippen molar-refractivity contribution in [3.8, 4) is 5.75 Å². The maximum Gasteiger partial charge on any atom is 0.222 e. The second kappa shape index (κ2) is 4.88. The standard InChI is InChI=1S/C14H15Cl2NO2/c15-10-4-5-11(18)13(14(10)16)8-6-9-2-1-3-12(19)17(9)7-8/h4-5,8-9,18H,1-3,6-7H2/t8-,9-/m0/s1. The number of hydrogen-bond acceptors (Lipinski definition) is 2. The quantitative estimate of drug-likeness (QED) is 0.861. The van der Waals surface area contributed by atoms with E-state index in [1.807, 2.05) is 4.90 Å². The van der Waals surface area contributed by atoms with E-state index in [4.69, 9.17) is 23.2 Å². The van der Waals surface area contributed by atoms with Crippen molar-refractivity contribution in [3.63, 3.8) is 0 Å². The highest BCUT2D eigenvalue weighted by Crippen LogP contribution is 2.44. The number of phenols is 1. The summed E-state index contributed by atoms with van der Waals surface area (Å²) in [4.78, 5) is 13.8. The first-order valence-electron chi connectivity index (χ1n) is 6.54. The molecule has 102 valence electrons. The first kappa shape index (κ1) is 13.1. The number of amides is 1. The Balaban J connectivity index is 1.93. The number of nitrogens with zero attached hydrogens (tertiary/aromatic N) is 1. The number of benzene rings is 1. The second-order valence-corrected chi connectivity index (χ2v) is 6.10. The number of rotatable bonds is 1. The fourth-order valence-corrected chi connectivity index (χ4v) is 3.76. The SMILES string of the molecule is O=C1CCC[C@H]2C[C@H](c3c(O)ccc(Cl)c3Cl)CN12. The molecule has 2 heterocycles. The predicted octanol–water partition coefficient (Wildman–Crippen LogP) is 3.57. The molecule has 2 aliphatic heterocycles. The van der Waals surface area contributed by atoms with Gasteiger partial charge in [-0.15, -0.1) is 0 Å². The molecule has 0 aliphatic carbocycles. The second-order valence-electron chi connectivity index (χ2n) is 5.32. The molecule has 3 nitrogen and oxygen atoms in total. The molecule has 0 radical (unpaired) electrons. The van der Waals surface area contributed by atoms with Gasteiger partial charge in [-0.05, 0) is 31.4 Å². The Hall–Kier alpha value is -0.930. The van der Waals surface area contributed by atoms with E-state index in [0.29, 0.717) is 34.6 Å². The van der Waals surface area contributed by atoms with Crippen LogP contribution >= 0.6 is 23.2 Å². The number of piperidine rings is 1. The zero-order chi connectivity index (χ0) is 13.6. The highest BCUT2D eigenvalue weighted by Gasteiger charge is 2.39. The molecule has 0 bridgehead atoms. The number of carbonyl (C=O) groups excluding carboxylic acids is 1. The molecule has 1 N–H and O–H groups in total. The summed E-state index contributed by atoms with van der Waals surface area (Å²) in [5.74, 6) is 0.473. The molecule has 0 aromatic heterocycles. The molecule has 1 aromatic carbocycles. The molecular weight excluding hydrogens is 285 g/mol. The third-order valence-corrected chi connectivity index (χ3v) is 5.00. The van der Waals surface area contributed by atoms with E-state index >= 15 is 0 Å². The lowest BCUT2D eigenvalue weighted by Gasteiger charge is -2.29. The van der Waals surface area contributed by atoms with Crippen LogP contribution in [0.15, 0.2) is 12.1 Å². The minimum atomic E-state index is 0.0817. The van der Waals surface area contributed by atoms with Crippen molar-refractivity contribution in [2.75, 3.05) is 6.54 Å². The molecular formula is C14H15Cl2NO2. The Morgan fingerprint density at radius 2 is 2.11 bits per heavy atom. The number of phenolic OH excluding ortho intramolecular Hbond substituents is 1. The summed E-state index contributed by atoms with van der Waals surface area (Å²) in [6.07, 6.45) is 3.50. The monoisotopic (exact) mass is 299 g/mol. The summed E-state index contributed by atoms with van der Waals surface area (Å²) >= 11 is 12.2. The molecule has 3 rings (SSSR count). The normalized spacial score (nSPS) is 26.6. The molecule has 1 aromatic rings. The third-order valence-electron chi connectivity index (χ3n) is 4.18. The Morgan fingerprint density at radius 3 is 2.84 bits per heavy atom. The molecule has 0 unspecified atom stereocenters. The van der Waals surface area contributed by atoms with E-state index in [1.54, 1.807) is 12.1 Å². The topological polar surface area (TPSA) is 40.5 Å². The van der Waals surface area contributed by atoms with Crippen molar-refractivity contribution in [2.45, 2.75) is 37.6 Å². The summed E-state index contributed by atoms with van der Waals surface area (Å²) < 4.78 is 0. The molecule has 2 fully saturated rings. The summed E-state index contributed by atoms with van der Waals surface area (Å²) in [5, 5.41) is 10.9. The van der Waals surface area contributed by atoms with Crippen LogP contribution in [-0.4, -0.2) is 28.5 Å². The van der Waals surface area contributed by atoms with Crippen molar-refractivity contribution in [1.82, 2.24) is 4.90 Å². The first-order chi connectivity index (χ1) is 9.08. The zero-order valence-electron chi connectivity index (χ0n) is 10.4. The smallest absolute Gasteiger partial charge is 0.222 e. The molecule has 1 amide bonds. The largest absolute Gasteiger partial charge is 0.508 e. The molecule has 2 aliphatic rings. The van der Waals surface area contributed by atoms with Gasteiger partial charge < -0.3 is 10.0 Å². The Labute approximate surface area is 122 Å². The van der Waals surface area contributed by atoms with Crippen LogP contribution in [0.25, 0.3) is 0 Å². The first-order valence-corrected chi connectivity index (χ1v) is 7.30. The average Bonchev–Trinajstić information content (AvgIpc) is 2.80. The molecule has 5 heteroatoms. The van der Waals surface area contributed by atoms with E-state index in [0.717, 1.165) is 19.3 Å². The van der Waals surface area contributed by atoms with Gasteiger partial charge in [0.15, 0.2) is 0 Å². The van der Waals surface area contributed by atoms with Crippen molar-refractivity contribution in [3.05, 3.63) is 27.7 Å². The summed E-state index contributed by atoms with van der Waals surface area (Å²) in [6, 6.07) is 3.46. The van der Waals surface area contributed by atoms with Crippen molar-refractivity contribution < 1.29 is 9.90 Å². The Morgan fingerprint density at radius 1 is 1.32 bits per heavy atom. The van der Waals surface area contributed by atoms with Crippen molar-refractivity contribution in [2.24, 2.45) is 0 Å². The molecule has 2 atom stereocenters. The number of hydrogen-bond donors (Lipinski definition) is 1.